The number of nitrogens with zero attached hydrogens (tertiary/aromatic N) is 1. The van der Waals surface area contributed by atoms with E-state index >= 15 is 0 Å². The van der Waals surface area contributed by atoms with Crippen LogP contribution in [0.3, 0.4) is 0 Å². The van der Waals surface area contributed by atoms with E-state index in [0.29, 0.717) is 24.2 Å². The zero-order chi connectivity index (χ0) is 14.0. The number of nitrogens with one attached hydrogen (secondary N) is 1. The van der Waals surface area contributed by atoms with Crippen molar-refractivity contribution in [3.8, 4) is 0 Å². The van der Waals surface area contributed by atoms with Gasteiger partial charge in [-0.3, -0.25) is 4.79 Å². The largest absolute Gasteiger partial charge is 0.389 e. The molecule has 1 saturated heterocycles. The molecule has 1 aliphatic heterocycles. The van der Waals surface area contributed by atoms with Crippen LogP contribution in [0.1, 0.15) is 30.6 Å². The summed E-state index contributed by atoms with van der Waals surface area (Å²) in [5.41, 5.74) is 1.79. The molecule has 0 bridgehead atoms. The van der Waals surface area contributed by atoms with Gasteiger partial charge in [0.2, 0.25) is 5.91 Å². The highest BCUT2D eigenvalue weighted by atomic mass is 19.1. The number of anilines is 1. The van der Waals surface area contributed by atoms with Gasteiger partial charge < -0.3 is 15.3 Å². The van der Waals surface area contributed by atoms with Gasteiger partial charge in [0.15, 0.2) is 0 Å². The molecule has 1 aromatic rings. The van der Waals surface area contributed by atoms with Crippen LogP contribution in [0.5, 0.6) is 0 Å². The number of amides is 1. The number of hydrogen-bond acceptors (Lipinski definition) is 3. The molecule has 1 amide bonds. The van der Waals surface area contributed by atoms with Crippen LogP contribution in [0.15, 0.2) is 12.1 Å². The van der Waals surface area contributed by atoms with Gasteiger partial charge in [0.05, 0.1) is 12.6 Å². The molecule has 19 heavy (non-hydrogen) atoms. The van der Waals surface area contributed by atoms with Crippen LogP contribution in [0.25, 0.3) is 0 Å². The quantitative estimate of drug-likeness (QED) is 0.853. The van der Waals surface area contributed by atoms with Gasteiger partial charge in [-0.05, 0) is 38.0 Å². The third-order valence-electron chi connectivity index (χ3n) is 3.36. The van der Waals surface area contributed by atoms with E-state index in [1.165, 1.54) is 6.07 Å². The predicted molar refractivity (Wildman–Crippen MR) is 71.6 cm³/mol. The van der Waals surface area contributed by atoms with Crippen LogP contribution in [0.4, 0.5) is 10.1 Å². The maximum atomic E-state index is 13.6. The number of rotatable bonds is 2. The second-order valence-corrected chi connectivity index (χ2v) is 4.96. The molecule has 0 aromatic heterocycles. The Bertz CT molecular complexity index is 489. The topological polar surface area (TPSA) is 52.6 Å². The molecular formula is C14H19FN2O2. The third kappa shape index (κ3) is 3.04. The molecular weight excluding hydrogens is 247 g/mol. The van der Waals surface area contributed by atoms with E-state index in [1.807, 2.05) is 4.90 Å². The van der Waals surface area contributed by atoms with E-state index in [-0.39, 0.29) is 18.3 Å². The molecule has 2 rings (SSSR count). The van der Waals surface area contributed by atoms with Crippen LogP contribution in [0, 0.1) is 12.7 Å². The first-order valence-corrected chi connectivity index (χ1v) is 6.49. The fourth-order valence-corrected chi connectivity index (χ4v) is 2.30. The Morgan fingerprint density at radius 1 is 1.47 bits per heavy atom. The van der Waals surface area contributed by atoms with Crippen LogP contribution in [-0.2, 0) is 4.79 Å². The predicted octanol–water partition coefficient (Wildman–Crippen LogP) is 1.51. The minimum Gasteiger partial charge on any atom is -0.389 e. The second kappa shape index (κ2) is 5.57. The Morgan fingerprint density at radius 3 is 2.89 bits per heavy atom. The lowest BCUT2D eigenvalue weighted by atomic mass is 10.0. The number of carbonyl (C=O) groups excluding carboxylic acids is 1. The maximum Gasteiger partial charge on any atom is 0.239 e. The van der Waals surface area contributed by atoms with Gasteiger partial charge in [-0.15, -0.1) is 0 Å². The summed E-state index contributed by atoms with van der Waals surface area (Å²) in [6, 6.07) is 3.06. The molecule has 1 unspecified atom stereocenters. The van der Waals surface area contributed by atoms with Gasteiger partial charge >= 0.3 is 0 Å². The molecule has 1 aliphatic rings. The first kappa shape index (κ1) is 13.8. The number of halogens is 1. The lowest BCUT2D eigenvalue weighted by molar-refractivity contribution is -0.119. The van der Waals surface area contributed by atoms with Gasteiger partial charge in [0, 0.05) is 24.3 Å². The van der Waals surface area contributed by atoms with Crippen LogP contribution in [-0.4, -0.2) is 30.6 Å². The Balaban J connectivity index is 2.41. The van der Waals surface area contributed by atoms with Gasteiger partial charge in [-0.25, -0.2) is 4.39 Å². The number of aliphatic hydroxyl groups excluding tert-OH is 1. The number of aliphatic hydroxyl groups is 1. The average Bonchev–Trinajstić information content (AvgIpc) is 2.56. The van der Waals surface area contributed by atoms with E-state index < -0.39 is 6.10 Å². The first-order chi connectivity index (χ1) is 8.99. The van der Waals surface area contributed by atoms with E-state index in [0.717, 1.165) is 12.1 Å². The minimum atomic E-state index is -0.767. The molecule has 2 N–H and O–H groups in total. The fraction of sp³-hybridized carbons (Fsp3) is 0.500. The molecule has 4 nitrogen and oxygen atoms in total. The monoisotopic (exact) mass is 266 g/mol. The second-order valence-electron chi connectivity index (χ2n) is 4.96. The SMILES string of the molecule is Cc1cc(N2CCCNC(=O)C2)c(C(C)O)cc1F. The van der Waals surface area contributed by atoms with Gasteiger partial charge in [0.1, 0.15) is 5.82 Å². The average molecular weight is 266 g/mol. The summed E-state index contributed by atoms with van der Waals surface area (Å²) in [6.07, 6.45) is 0.0675. The molecule has 1 fully saturated rings. The Hall–Kier alpha value is -1.62. The lowest BCUT2D eigenvalue weighted by Gasteiger charge is -2.26. The molecule has 1 atom stereocenters. The molecule has 5 heteroatoms. The van der Waals surface area contributed by atoms with Crippen molar-refractivity contribution in [3.05, 3.63) is 29.1 Å². The van der Waals surface area contributed by atoms with E-state index in [4.69, 9.17) is 0 Å². The summed E-state index contributed by atoms with van der Waals surface area (Å²) < 4.78 is 13.6. The Kier molecular flexibility index (Phi) is 4.04. The van der Waals surface area contributed by atoms with Gasteiger partial charge in [-0.1, -0.05) is 0 Å². The highest BCUT2D eigenvalue weighted by Gasteiger charge is 2.20. The van der Waals surface area contributed by atoms with Gasteiger partial charge in [0.25, 0.3) is 0 Å². The fourth-order valence-electron chi connectivity index (χ4n) is 2.30. The van der Waals surface area contributed by atoms with E-state index in [9.17, 15) is 14.3 Å². The molecule has 0 aliphatic carbocycles. The minimum absolute atomic E-state index is 0.0454. The van der Waals surface area contributed by atoms with Crippen molar-refractivity contribution < 1.29 is 14.3 Å². The highest BCUT2D eigenvalue weighted by Crippen LogP contribution is 2.29. The smallest absolute Gasteiger partial charge is 0.239 e. The van der Waals surface area contributed by atoms with Crippen molar-refractivity contribution in [3.63, 3.8) is 0 Å². The van der Waals surface area contributed by atoms with Crippen LogP contribution < -0.4 is 10.2 Å². The van der Waals surface area contributed by atoms with Crippen molar-refractivity contribution in [1.82, 2.24) is 5.32 Å². The standard InChI is InChI=1S/C14H19FN2O2/c1-9-6-13(11(10(2)18)7-12(9)15)17-5-3-4-16-14(19)8-17/h6-7,10,18H,3-5,8H2,1-2H3,(H,16,19). The van der Waals surface area contributed by atoms with Crippen molar-refractivity contribution >= 4 is 11.6 Å². The lowest BCUT2D eigenvalue weighted by Crippen LogP contribution is -2.33. The van der Waals surface area contributed by atoms with Crippen molar-refractivity contribution in [1.29, 1.82) is 0 Å². The molecule has 104 valence electrons. The van der Waals surface area contributed by atoms with Crippen molar-refractivity contribution in [2.75, 3.05) is 24.5 Å². The maximum absolute atomic E-state index is 13.6. The molecule has 1 aromatic carbocycles. The highest BCUT2D eigenvalue weighted by molar-refractivity contribution is 5.82. The van der Waals surface area contributed by atoms with Gasteiger partial charge in [-0.2, -0.15) is 0 Å². The van der Waals surface area contributed by atoms with E-state index in [1.54, 1.807) is 19.9 Å². The van der Waals surface area contributed by atoms with Crippen LogP contribution in [0.2, 0.25) is 0 Å². The zero-order valence-electron chi connectivity index (χ0n) is 11.2. The number of aryl methyl sites for hydroxylation is 1. The van der Waals surface area contributed by atoms with Crippen molar-refractivity contribution in [2.45, 2.75) is 26.4 Å². The molecule has 1 heterocycles. The Labute approximate surface area is 112 Å². The molecule has 0 spiro atoms. The molecule has 0 radical (unpaired) electrons. The number of benzene rings is 1. The summed E-state index contributed by atoms with van der Waals surface area (Å²) in [7, 11) is 0. The first-order valence-electron chi connectivity index (χ1n) is 6.49. The summed E-state index contributed by atoms with van der Waals surface area (Å²) in [6.45, 7) is 4.89. The van der Waals surface area contributed by atoms with Crippen molar-refractivity contribution in [2.24, 2.45) is 0 Å². The summed E-state index contributed by atoms with van der Waals surface area (Å²) >= 11 is 0. The van der Waals surface area contributed by atoms with Crippen LogP contribution >= 0.6 is 0 Å². The summed E-state index contributed by atoms with van der Waals surface area (Å²) in [5.74, 6) is -0.380. The Morgan fingerprint density at radius 2 is 2.21 bits per heavy atom. The normalized spacial score (nSPS) is 17.9. The summed E-state index contributed by atoms with van der Waals surface area (Å²) in [4.78, 5) is 13.5. The summed E-state index contributed by atoms with van der Waals surface area (Å²) in [5, 5.41) is 12.6. The zero-order valence-corrected chi connectivity index (χ0v) is 11.2. The third-order valence-corrected chi connectivity index (χ3v) is 3.36. The molecule has 0 saturated carbocycles. The number of carbonyl (C=O) groups is 1. The van der Waals surface area contributed by atoms with E-state index in [2.05, 4.69) is 5.32 Å². The number of hydrogen-bond donors (Lipinski definition) is 2.